The van der Waals surface area contributed by atoms with Gasteiger partial charge in [0, 0.05) is 6.54 Å². The molecule has 0 bridgehead atoms. The summed E-state index contributed by atoms with van der Waals surface area (Å²) >= 11 is 0. The quantitative estimate of drug-likeness (QED) is 0.486. The van der Waals surface area contributed by atoms with Crippen molar-refractivity contribution in [2.24, 2.45) is 0 Å². The average molecular weight is 226 g/mol. The van der Waals surface area contributed by atoms with Gasteiger partial charge < -0.3 is 5.32 Å². The number of nitriles is 1. The highest BCUT2D eigenvalue weighted by Gasteiger charge is 2.06. The van der Waals surface area contributed by atoms with E-state index in [2.05, 4.69) is 11.9 Å². The number of hydrogen-bond donors (Lipinski definition) is 1. The molecule has 1 aromatic carbocycles. The minimum absolute atomic E-state index is 0.0932. The minimum Gasteiger partial charge on any atom is -0.348 e. The van der Waals surface area contributed by atoms with E-state index >= 15 is 0 Å². The van der Waals surface area contributed by atoms with Gasteiger partial charge in [0.15, 0.2) is 0 Å². The van der Waals surface area contributed by atoms with Crippen molar-refractivity contribution in [2.75, 3.05) is 6.54 Å². The van der Waals surface area contributed by atoms with Crippen LogP contribution in [-0.4, -0.2) is 12.5 Å². The van der Waals surface area contributed by atoms with Gasteiger partial charge in [-0.2, -0.15) is 5.26 Å². The molecule has 0 aliphatic carbocycles. The fourth-order valence-corrected chi connectivity index (χ4v) is 1.24. The largest absolute Gasteiger partial charge is 0.348 e. The maximum Gasteiger partial charge on any atom is 0.262 e. The number of carbonyl (C=O) groups excluding carboxylic acids is 1. The van der Waals surface area contributed by atoms with Gasteiger partial charge in [-0.25, -0.2) is 0 Å². The van der Waals surface area contributed by atoms with Crippen LogP contribution in [0, 0.1) is 18.3 Å². The highest BCUT2D eigenvalue weighted by molar-refractivity contribution is 6.01. The van der Waals surface area contributed by atoms with Crippen molar-refractivity contribution < 1.29 is 4.79 Å². The van der Waals surface area contributed by atoms with E-state index in [4.69, 9.17) is 5.26 Å². The number of amides is 1. The van der Waals surface area contributed by atoms with Crippen LogP contribution in [0.15, 0.2) is 42.5 Å². The average Bonchev–Trinajstić information content (AvgIpc) is 2.35. The third-order valence-corrected chi connectivity index (χ3v) is 2.16. The highest BCUT2D eigenvalue weighted by Crippen LogP contribution is 2.08. The highest BCUT2D eigenvalue weighted by atomic mass is 16.1. The molecule has 17 heavy (non-hydrogen) atoms. The van der Waals surface area contributed by atoms with Crippen LogP contribution in [0.5, 0.6) is 0 Å². The monoisotopic (exact) mass is 226 g/mol. The second-order valence-corrected chi connectivity index (χ2v) is 3.58. The number of carbonyl (C=O) groups is 1. The lowest BCUT2D eigenvalue weighted by Crippen LogP contribution is -2.24. The summed E-state index contributed by atoms with van der Waals surface area (Å²) in [6.07, 6.45) is 3.14. The number of nitrogens with zero attached hydrogens (tertiary/aromatic N) is 1. The molecule has 0 radical (unpaired) electrons. The van der Waals surface area contributed by atoms with E-state index in [1.165, 1.54) is 0 Å². The van der Waals surface area contributed by atoms with Gasteiger partial charge in [0.1, 0.15) is 11.6 Å². The van der Waals surface area contributed by atoms with Gasteiger partial charge in [-0.05, 0) is 18.6 Å². The molecule has 3 heteroatoms. The molecular formula is C14H14N2O. The van der Waals surface area contributed by atoms with Crippen LogP contribution in [0.4, 0.5) is 0 Å². The Morgan fingerprint density at radius 3 is 2.65 bits per heavy atom. The number of benzene rings is 1. The normalized spacial score (nSPS) is 10.5. The molecule has 0 atom stereocenters. The first kappa shape index (κ1) is 12.7. The van der Waals surface area contributed by atoms with Gasteiger partial charge in [0.2, 0.25) is 0 Å². The van der Waals surface area contributed by atoms with Crippen molar-refractivity contribution in [1.82, 2.24) is 5.32 Å². The van der Waals surface area contributed by atoms with Crippen molar-refractivity contribution in [2.45, 2.75) is 6.92 Å². The molecule has 0 fully saturated rings. The van der Waals surface area contributed by atoms with E-state index in [-0.39, 0.29) is 11.5 Å². The Bertz CT molecular complexity index is 478. The molecule has 1 N–H and O–H groups in total. The maximum atomic E-state index is 11.6. The zero-order valence-corrected chi connectivity index (χ0v) is 9.73. The van der Waals surface area contributed by atoms with E-state index in [1.54, 1.807) is 12.2 Å². The van der Waals surface area contributed by atoms with Crippen molar-refractivity contribution in [3.05, 3.63) is 53.6 Å². The second kappa shape index (κ2) is 6.29. The number of rotatable bonds is 4. The van der Waals surface area contributed by atoms with Crippen LogP contribution in [0.1, 0.15) is 11.1 Å². The summed E-state index contributed by atoms with van der Waals surface area (Å²) in [5.74, 6) is -0.382. The zero-order chi connectivity index (χ0) is 12.7. The summed E-state index contributed by atoms with van der Waals surface area (Å²) in [7, 11) is 0. The molecule has 1 rings (SSSR count). The Balaban J connectivity index is 2.87. The molecular weight excluding hydrogens is 212 g/mol. The SMILES string of the molecule is C=CCNC(=O)C(C#N)=Cc1ccc(C)cc1. The molecule has 0 heterocycles. The van der Waals surface area contributed by atoms with Gasteiger partial charge in [-0.1, -0.05) is 35.9 Å². The molecule has 0 aliphatic heterocycles. The van der Waals surface area contributed by atoms with Gasteiger partial charge in [0.05, 0.1) is 0 Å². The third-order valence-electron chi connectivity index (χ3n) is 2.16. The van der Waals surface area contributed by atoms with Crippen molar-refractivity contribution in [1.29, 1.82) is 5.26 Å². The van der Waals surface area contributed by atoms with E-state index < -0.39 is 0 Å². The minimum atomic E-state index is -0.382. The molecule has 86 valence electrons. The summed E-state index contributed by atoms with van der Waals surface area (Å²) in [6.45, 7) is 5.83. The summed E-state index contributed by atoms with van der Waals surface area (Å²) < 4.78 is 0. The first-order valence-electron chi connectivity index (χ1n) is 5.25. The van der Waals surface area contributed by atoms with Crippen molar-refractivity contribution >= 4 is 12.0 Å². The van der Waals surface area contributed by atoms with E-state index in [1.807, 2.05) is 37.3 Å². The van der Waals surface area contributed by atoms with E-state index in [0.717, 1.165) is 11.1 Å². The lowest BCUT2D eigenvalue weighted by Gasteiger charge is -2.00. The Kier molecular flexibility index (Phi) is 4.71. The molecule has 0 aliphatic rings. The lowest BCUT2D eigenvalue weighted by atomic mass is 10.1. The Morgan fingerprint density at radius 2 is 2.12 bits per heavy atom. The fraction of sp³-hybridized carbons (Fsp3) is 0.143. The molecule has 0 aromatic heterocycles. The van der Waals surface area contributed by atoms with Gasteiger partial charge in [-0.15, -0.1) is 6.58 Å². The molecule has 3 nitrogen and oxygen atoms in total. The summed E-state index contributed by atoms with van der Waals surface area (Å²) in [5, 5.41) is 11.5. The Morgan fingerprint density at radius 1 is 1.47 bits per heavy atom. The molecule has 0 saturated carbocycles. The van der Waals surface area contributed by atoms with Crippen LogP contribution in [0.3, 0.4) is 0 Å². The predicted octanol–water partition coefficient (Wildman–Crippen LogP) is 2.20. The van der Waals surface area contributed by atoms with Gasteiger partial charge >= 0.3 is 0 Å². The first-order valence-corrected chi connectivity index (χ1v) is 5.25. The van der Waals surface area contributed by atoms with Gasteiger partial charge in [0.25, 0.3) is 5.91 Å². The van der Waals surface area contributed by atoms with Crippen LogP contribution in [0.25, 0.3) is 6.08 Å². The van der Waals surface area contributed by atoms with Crippen LogP contribution >= 0.6 is 0 Å². The summed E-state index contributed by atoms with van der Waals surface area (Å²) in [6, 6.07) is 9.49. The zero-order valence-electron chi connectivity index (χ0n) is 9.73. The van der Waals surface area contributed by atoms with Crippen LogP contribution in [0.2, 0.25) is 0 Å². The van der Waals surface area contributed by atoms with Crippen LogP contribution < -0.4 is 5.32 Å². The van der Waals surface area contributed by atoms with E-state index in [0.29, 0.717) is 6.54 Å². The molecule has 0 spiro atoms. The molecule has 1 amide bonds. The third kappa shape index (κ3) is 3.96. The molecule has 0 saturated heterocycles. The lowest BCUT2D eigenvalue weighted by molar-refractivity contribution is -0.116. The first-order chi connectivity index (χ1) is 8.17. The Hall–Kier alpha value is -2.34. The topological polar surface area (TPSA) is 52.9 Å². The van der Waals surface area contributed by atoms with Crippen molar-refractivity contribution in [3.63, 3.8) is 0 Å². The van der Waals surface area contributed by atoms with E-state index in [9.17, 15) is 4.79 Å². The van der Waals surface area contributed by atoms with Crippen LogP contribution in [-0.2, 0) is 4.79 Å². The number of aryl methyl sites for hydroxylation is 1. The number of nitrogens with one attached hydrogen (secondary N) is 1. The van der Waals surface area contributed by atoms with Gasteiger partial charge in [-0.3, -0.25) is 4.79 Å². The smallest absolute Gasteiger partial charge is 0.262 e. The van der Waals surface area contributed by atoms with Crippen molar-refractivity contribution in [3.8, 4) is 6.07 Å². The second-order valence-electron chi connectivity index (χ2n) is 3.58. The number of hydrogen-bond acceptors (Lipinski definition) is 2. The maximum absolute atomic E-state index is 11.6. The standard InChI is InChI=1S/C14H14N2O/c1-3-8-16-14(17)13(10-15)9-12-6-4-11(2)5-7-12/h3-7,9H,1,8H2,2H3,(H,16,17). The molecule has 0 unspecified atom stereocenters. The Labute approximate surface area is 101 Å². The summed E-state index contributed by atoms with van der Waals surface area (Å²) in [4.78, 5) is 11.6. The fourth-order valence-electron chi connectivity index (χ4n) is 1.24. The summed E-state index contributed by atoms with van der Waals surface area (Å²) in [5.41, 5.74) is 2.06. The molecule has 1 aromatic rings. The predicted molar refractivity (Wildman–Crippen MR) is 68.0 cm³/mol.